The average Bonchev–Trinajstić information content (AvgIpc) is 2.91. The number of unbranched alkanes of at least 4 members (excludes halogenated alkanes) is 3. The van der Waals surface area contributed by atoms with Crippen molar-refractivity contribution in [1.82, 2.24) is 0 Å². The van der Waals surface area contributed by atoms with Gasteiger partial charge >= 0.3 is 11.9 Å². The summed E-state index contributed by atoms with van der Waals surface area (Å²) < 4.78 is 6.07. The number of para-hydroxylation sites is 1. The lowest BCUT2D eigenvalue weighted by atomic mass is 9.91. The second-order valence-corrected chi connectivity index (χ2v) is 9.31. The average molecular weight is 501 g/mol. The van der Waals surface area contributed by atoms with Crippen molar-refractivity contribution in [2.45, 2.75) is 51.9 Å². The van der Waals surface area contributed by atoms with E-state index in [0.717, 1.165) is 48.1 Å². The zero-order chi connectivity index (χ0) is 26.5. The first-order valence-electron chi connectivity index (χ1n) is 13.0. The van der Waals surface area contributed by atoms with Crippen LogP contribution in [0.5, 0.6) is 5.75 Å². The molecule has 194 valence electrons. The second-order valence-electron chi connectivity index (χ2n) is 9.31. The third-order valence-corrected chi connectivity index (χ3v) is 6.43. The summed E-state index contributed by atoms with van der Waals surface area (Å²) >= 11 is 0. The number of carboxylic acid groups (broad SMARTS) is 2. The molecule has 37 heavy (non-hydrogen) atoms. The van der Waals surface area contributed by atoms with Gasteiger partial charge in [-0.2, -0.15) is 0 Å². The first-order chi connectivity index (χ1) is 18.0. The van der Waals surface area contributed by atoms with Crippen LogP contribution in [0.3, 0.4) is 0 Å². The molecule has 0 bridgehead atoms. The molecule has 0 radical (unpaired) electrons. The fraction of sp³-hybridized carbons (Fsp3) is 0.312. The van der Waals surface area contributed by atoms with Gasteiger partial charge in [-0.25, -0.2) is 9.59 Å². The lowest BCUT2D eigenvalue weighted by Gasteiger charge is -2.15. The summed E-state index contributed by atoms with van der Waals surface area (Å²) in [5.41, 5.74) is 3.75. The fourth-order valence-corrected chi connectivity index (χ4v) is 4.22. The van der Waals surface area contributed by atoms with Gasteiger partial charge in [0.2, 0.25) is 0 Å². The van der Waals surface area contributed by atoms with Gasteiger partial charge in [0.1, 0.15) is 5.75 Å². The molecule has 3 aromatic rings. The van der Waals surface area contributed by atoms with E-state index >= 15 is 0 Å². The number of rotatable bonds is 15. The van der Waals surface area contributed by atoms with Gasteiger partial charge in [-0.3, -0.25) is 0 Å². The van der Waals surface area contributed by atoms with Gasteiger partial charge in [-0.15, -0.1) is 0 Å². The van der Waals surface area contributed by atoms with Crippen LogP contribution < -0.4 is 4.74 Å². The Hall–Kier alpha value is -3.86. The molecule has 0 amide bonds. The van der Waals surface area contributed by atoms with Crippen LogP contribution in [0.25, 0.3) is 6.08 Å². The van der Waals surface area contributed by atoms with Crippen molar-refractivity contribution in [3.63, 3.8) is 0 Å². The van der Waals surface area contributed by atoms with E-state index in [0.29, 0.717) is 6.61 Å². The molecule has 3 rings (SSSR count). The van der Waals surface area contributed by atoms with E-state index in [4.69, 9.17) is 9.84 Å². The second kappa shape index (κ2) is 14.6. The van der Waals surface area contributed by atoms with Gasteiger partial charge < -0.3 is 14.9 Å². The van der Waals surface area contributed by atoms with Gasteiger partial charge in [-0.1, -0.05) is 80.8 Å². The summed E-state index contributed by atoms with van der Waals surface area (Å²) in [6.07, 6.45) is 11.4. The number of benzene rings is 3. The number of hydrogen-bond acceptors (Lipinski definition) is 3. The molecule has 3 aromatic carbocycles. The van der Waals surface area contributed by atoms with E-state index in [2.05, 4.69) is 25.1 Å². The molecule has 0 heterocycles. The van der Waals surface area contributed by atoms with E-state index in [9.17, 15) is 14.7 Å². The predicted octanol–water partition coefficient (Wildman–Crippen LogP) is 7.55. The van der Waals surface area contributed by atoms with Crippen molar-refractivity contribution in [1.29, 1.82) is 0 Å². The SMILES string of the molecule is CCCCCCOc1ccccc1/C=C/C(CCc1ccc(C(=O)O)cc1)Cc1ccc(C(=O)O)cc1. The van der Waals surface area contributed by atoms with E-state index in [1.807, 2.05) is 42.5 Å². The third kappa shape index (κ3) is 9.26. The number of carbonyl (C=O) groups is 2. The first kappa shape index (κ1) is 27.7. The number of allylic oxidation sites excluding steroid dienone is 1. The number of hydrogen-bond donors (Lipinski definition) is 2. The Morgan fingerprint density at radius 1 is 0.811 bits per heavy atom. The lowest BCUT2D eigenvalue weighted by Crippen LogP contribution is -2.05. The topological polar surface area (TPSA) is 83.8 Å². The summed E-state index contributed by atoms with van der Waals surface area (Å²) in [5, 5.41) is 18.4. The Bertz CT molecular complexity index is 1160. The third-order valence-electron chi connectivity index (χ3n) is 6.43. The lowest BCUT2D eigenvalue weighted by molar-refractivity contribution is 0.0686. The molecule has 0 aliphatic carbocycles. The van der Waals surface area contributed by atoms with Crippen LogP contribution in [0.1, 0.15) is 76.4 Å². The van der Waals surface area contributed by atoms with Crippen molar-refractivity contribution < 1.29 is 24.5 Å². The van der Waals surface area contributed by atoms with Crippen LogP contribution >= 0.6 is 0 Å². The number of aryl methyl sites for hydroxylation is 1. The maximum atomic E-state index is 11.2. The van der Waals surface area contributed by atoms with Crippen molar-refractivity contribution in [3.8, 4) is 5.75 Å². The Kier molecular flexibility index (Phi) is 11.0. The van der Waals surface area contributed by atoms with Crippen LogP contribution in [-0.2, 0) is 12.8 Å². The highest BCUT2D eigenvalue weighted by Gasteiger charge is 2.11. The van der Waals surface area contributed by atoms with Gasteiger partial charge in [0.05, 0.1) is 17.7 Å². The molecule has 0 aromatic heterocycles. The maximum Gasteiger partial charge on any atom is 0.335 e. The molecule has 0 fully saturated rings. The smallest absolute Gasteiger partial charge is 0.335 e. The largest absolute Gasteiger partial charge is 0.493 e. The summed E-state index contributed by atoms with van der Waals surface area (Å²) in [6.45, 7) is 2.90. The van der Waals surface area contributed by atoms with Gasteiger partial charge in [0.25, 0.3) is 0 Å². The normalized spacial score (nSPS) is 11.9. The molecule has 2 N–H and O–H groups in total. The van der Waals surface area contributed by atoms with E-state index in [-0.39, 0.29) is 17.0 Å². The molecule has 0 saturated carbocycles. The van der Waals surface area contributed by atoms with Crippen LogP contribution in [-0.4, -0.2) is 28.8 Å². The summed E-state index contributed by atoms with van der Waals surface area (Å²) in [7, 11) is 0. The molecule has 5 heteroatoms. The molecule has 0 saturated heterocycles. The van der Waals surface area contributed by atoms with Gasteiger partial charge in [0, 0.05) is 5.56 Å². The van der Waals surface area contributed by atoms with Crippen molar-refractivity contribution >= 4 is 18.0 Å². The molecular weight excluding hydrogens is 464 g/mol. The monoisotopic (exact) mass is 500 g/mol. The zero-order valence-corrected chi connectivity index (χ0v) is 21.4. The fourth-order valence-electron chi connectivity index (χ4n) is 4.22. The minimum absolute atomic E-state index is 0.201. The van der Waals surface area contributed by atoms with Gasteiger partial charge in [0.15, 0.2) is 0 Å². The number of aromatic carboxylic acids is 2. The minimum atomic E-state index is -0.931. The maximum absolute atomic E-state index is 11.2. The molecule has 5 nitrogen and oxygen atoms in total. The van der Waals surface area contributed by atoms with Crippen LogP contribution in [0.15, 0.2) is 78.9 Å². The standard InChI is InChI=1S/C32H36O5/c1-2-3-4-7-22-37-30-9-6-5-8-27(30)17-14-25(23-26-15-20-29(21-16-26)32(35)36)11-10-24-12-18-28(19-13-24)31(33)34/h5-6,8-9,12-21,25H,2-4,7,10-11,22-23H2,1H3,(H,33,34)(H,35,36)/b17-14+. The molecule has 1 atom stereocenters. The van der Waals surface area contributed by atoms with Crippen LogP contribution in [0, 0.1) is 5.92 Å². The number of carboxylic acids is 2. The van der Waals surface area contributed by atoms with Crippen LogP contribution in [0.4, 0.5) is 0 Å². The highest BCUT2D eigenvalue weighted by molar-refractivity contribution is 5.88. The summed E-state index contributed by atoms with van der Waals surface area (Å²) in [4.78, 5) is 22.4. The molecule has 0 aliphatic rings. The predicted molar refractivity (Wildman–Crippen MR) is 147 cm³/mol. The highest BCUT2D eigenvalue weighted by atomic mass is 16.5. The van der Waals surface area contributed by atoms with Crippen LogP contribution in [0.2, 0.25) is 0 Å². The first-order valence-corrected chi connectivity index (χ1v) is 13.0. The Balaban J connectivity index is 1.73. The Morgan fingerprint density at radius 2 is 1.43 bits per heavy atom. The van der Waals surface area contributed by atoms with E-state index in [1.165, 1.54) is 19.3 Å². The molecule has 0 spiro atoms. The van der Waals surface area contributed by atoms with Crippen molar-refractivity contribution in [3.05, 3.63) is 107 Å². The summed E-state index contributed by atoms with van der Waals surface area (Å²) in [5.74, 6) is -0.779. The highest BCUT2D eigenvalue weighted by Crippen LogP contribution is 2.24. The minimum Gasteiger partial charge on any atom is -0.493 e. The zero-order valence-electron chi connectivity index (χ0n) is 21.4. The quantitative estimate of drug-likeness (QED) is 0.211. The summed E-state index contributed by atoms with van der Waals surface area (Å²) in [6, 6.07) is 22.1. The van der Waals surface area contributed by atoms with E-state index < -0.39 is 11.9 Å². The Labute approximate surface area is 219 Å². The van der Waals surface area contributed by atoms with Gasteiger partial charge in [-0.05, 0) is 73.1 Å². The Morgan fingerprint density at radius 3 is 2.05 bits per heavy atom. The van der Waals surface area contributed by atoms with E-state index in [1.54, 1.807) is 24.3 Å². The van der Waals surface area contributed by atoms with Crippen molar-refractivity contribution in [2.24, 2.45) is 5.92 Å². The molecule has 1 unspecified atom stereocenters. The molecular formula is C32H36O5. The number of ether oxygens (including phenoxy) is 1. The molecule has 0 aliphatic heterocycles. The van der Waals surface area contributed by atoms with Crippen molar-refractivity contribution in [2.75, 3.05) is 6.61 Å².